The number of amides is 1. The molecule has 0 radical (unpaired) electrons. The first-order chi connectivity index (χ1) is 14.9. The SMILES string of the molecule is CC(C)CC1(C(=O)O)CC(C(=O)O)C(c2ccco2)N1C(=O)c1cccc(C(F)(F)F)c1. The van der Waals surface area contributed by atoms with Crippen molar-refractivity contribution in [1.82, 2.24) is 4.90 Å². The van der Waals surface area contributed by atoms with E-state index in [-0.39, 0.29) is 18.1 Å². The van der Waals surface area contributed by atoms with Gasteiger partial charge in [0.05, 0.1) is 17.7 Å². The Labute approximate surface area is 181 Å². The van der Waals surface area contributed by atoms with E-state index in [0.29, 0.717) is 6.07 Å². The second-order valence-electron chi connectivity index (χ2n) is 8.30. The van der Waals surface area contributed by atoms with E-state index in [4.69, 9.17) is 4.42 Å². The Balaban J connectivity index is 2.22. The van der Waals surface area contributed by atoms with Crippen LogP contribution in [0.4, 0.5) is 13.2 Å². The minimum absolute atomic E-state index is 0.0459. The van der Waals surface area contributed by atoms with Gasteiger partial charge in [-0.05, 0) is 49.1 Å². The van der Waals surface area contributed by atoms with Gasteiger partial charge in [-0.15, -0.1) is 0 Å². The van der Waals surface area contributed by atoms with Gasteiger partial charge in [0.2, 0.25) is 0 Å². The topological polar surface area (TPSA) is 108 Å². The molecule has 1 aliphatic rings. The number of aliphatic carboxylic acids is 2. The number of carbonyl (C=O) groups is 3. The molecular formula is C22H22F3NO6. The molecule has 7 nitrogen and oxygen atoms in total. The van der Waals surface area contributed by atoms with Crippen LogP contribution < -0.4 is 0 Å². The molecule has 1 fully saturated rings. The van der Waals surface area contributed by atoms with E-state index >= 15 is 0 Å². The molecule has 2 aromatic rings. The summed E-state index contributed by atoms with van der Waals surface area (Å²) in [5.74, 6) is -5.31. The first-order valence-corrected chi connectivity index (χ1v) is 9.89. The highest BCUT2D eigenvalue weighted by Crippen LogP contribution is 2.50. The summed E-state index contributed by atoms with van der Waals surface area (Å²) in [6.07, 6.45) is -3.96. The molecule has 0 spiro atoms. The average Bonchev–Trinajstić information content (AvgIpc) is 3.33. The third-order valence-electron chi connectivity index (χ3n) is 5.63. The Morgan fingerprint density at radius 1 is 1.19 bits per heavy atom. The van der Waals surface area contributed by atoms with Crippen molar-refractivity contribution in [2.75, 3.05) is 0 Å². The van der Waals surface area contributed by atoms with Crippen LogP contribution in [0.2, 0.25) is 0 Å². The number of carbonyl (C=O) groups excluding carboxylic acids is 1. The number of benzene rings is 1. The molecule has 1 saturated heterocycles. The van der Waals surface area contributed by atoms with Crippen molar-refractivity contribution in [2.45, 2.75) is 44.4 Å². The lowest BCUT2D eigenvalue weighted by Crippen LogP contribution is -2.54. The van der Waals surface area contributed by atoms with Crippen molar-refractivity contribution in [2.24, 2.45) is 11.8 Å². The van der Waals surface area contributed by atoms with Gasteiger partial charge in [0.1, 0.15) is 17.3 Å². The fourth-order valence-electron chi connectivity index (χ4n) is 4.45. The molecule has 10 heteroatoms. The summed E-state index contributed by atoms with van der Waals surface area (Å²) < 4.78 is 45.0. The number of carboxylic acids is 2. The maximum atomic E-state index is 13.6. The Bertz CT molecular complexity index is 1020. The van der Waals surface area contributed by atoms with Crippen LogP contribution in [0.1, 0.15) is 54.4 Å². The highest BCUT2D eigenvalue weighted by atomic mass is 19.4. The second-order valence-corrected chi connectivity index (χ2v) is 8.30. The van der Waals surface area contributed by atoms with Crippen molar-refractivity contribution in [1.29, 1.82) is 0 Å². The van der Waals surface area contributed by atoms with Crippen LogP contribution in [0.15, 0.2) is 47.1 Å². The number of alkyl halides is 3. The molecule has 1 amide bonds. The Kier molecular flexibility index (Phi) is 6.08. The molecule has 2 heterocycles. The number of carboxylic acid groups (broad SMARTS) is 2. The number of hydrogen-bond donors (Lipinski definition) is 2. The lowest BCUT2D eigenvalue weighted by molar-refractivity contribution is -0.150. The van der Waals surface area contributed by atoms with Gasteiger partial charge in [-0.25, -0.2) is 4.79 Å². The molecule has 0 bridgehead atoms. The van der Waals surface area contributed by atoms with Crippen LogP contribution in [-0.2, 0) is 15.8 Å². The van der Waals surface area contributed by atoms with Gasteiger partial charge in [-0.3, -0.25) is 9.59 Å². The van der Waals surface area contributed by atoms with E-state index in [1.165, 1.54) is 18.4 Å². The van der Waals surface area contributed by atoms with Crippen molar-refractivity contribution in [3.8, 4) is 0 Å². The number of likely N-dealkylation sites (tertiary alicyclic amines) is 1. The zero-order valence-electron chi connectivity index (χ0n) is 17.3. The monoisotopic (exact) mass is 453 g/mol. The summed E-state index contributed by atoms with van der Waals surface area (Å²) in [5.41, 5.74) is -3.41. The molecule has 1 aliphatic heterocycles. The van der Waals surface area contributed by atoms with Gasteiger partial charge >= 0.3 is 18.1 Å². The standard InChI is InChI=1S/C22H22F3NO6/c1-12(2)10-21(20(30)31)11-15(19(28)29)17(16-7-4-8-32-16)26(21)18(27)13-5-3-6-14(9-13)22(23,24)25/h3-9,12,15,17H,10-11H2,1-2H3,(H,28,29)(H,30,31). The Hall–Kier alpha value is -3.30. The molecule has 1 aromatic heterocycles. The third kappa shape index (κ3) is 4.09. The van der Waals surface area contributed by atoms with E-state index in [9.17, 15) is 37.8 Å². The fourth-order valence-corrected chi connectivity index (χ4v) is 4.45. The molecule has 172 valence electrons. The number of hydrogen-bond acceptors (Lipinski definition) is 4. The summed E-state index contributed by atoms with van der Waals surface area (Å²) >= 11 is 0. The van der Waals surface area contributed by atoms with Crippen LogP contribution in [0.5, 0.6) is 0 Å². The van der Waals surface area contributed by atoms with E-state index in [1.54, 1.807) is 13.8 Å². The minimum Gasteiger partial charge on any atom is -0.481 e. The Morgan fingerprint density at radius 3 is 2.38 bits per heavy atom. The number of nitrogens with zero attached hydrogens (tertiary/aromatic N) is 1. The third-order valence-corrected chi connectivity index (χ3v) is 5.63. The summed E-state index contributed by atoms with van der Waals surface area (Å²) in [5, 5.41) is 20.0. The van der Waals surface area contributed by atoms with Gasteiger partial charge in [0.15, 0.2) is 0 Å². The molecule has 0 saturated carbocycles. The normalized spacial score (nSPS) is 23.5. The largest absolute Gasteiger partial charge is 0.481 e. The molecule has 3 rings (SSSR count). The lowest BCUT2D eigenvalue weighted by atomic mass is 9.83. The van der Waals surface area contributed by atoms with Gasteiger partial charge in [0.25, 0.3) is 5.91 Å². The van der Waals surface area contributed by atoms with Crippen molar-refractivity contribution in [3.63, 3.8) is 0 Å². The van der Waals surface area contributed by atoms with Gasteiger partial charge in [0, 0.05) is 5.56 Å². The van der Waals surface area contributed by atoms with Crippen LogP contribution in [-0.4, -0.2) is 38.5 Å². The van der Waals surface area contributed by atoms with Crippen LogP contribution in [0.25, 0.3) is 0 Å². The number of furan rings is 1. The molecule has 3 atom stereocenters. The predicted octanol–water partition coefficient (Wildman–Crippen LogP) is 4.46. The first kappa shape index (κ1) is 23.4. The smallest absolute Gasteiger partial charge is 0.416 e. The Morgan fingerprint density at radius 2 is 1.88 bits per heavy atom. The van der Waals surface area contributed by atoms with E-state index in [2.05, 4.69) is 0 Å². The maximum Gasteiger partial charge on any atom is 0.416 e. The average molecular weight is 453 g/mol. The molecule has 32 heavy (non-hydrogen) atoms. The predicted molar refractivity (Wildman–Crippen MR) is 105 cm³/mol. The maximum absolute atomic E-state index is 13.6. The molecule has 0 aliphatic carbocycles. The highest BCUT2D eigenvalue weighted by Gasteiger charge is 2.61. The quantitative estimate of drug-likeness (QED) is 0.669. The van der Waals surface area contributed by atoms with E-state index in [0.717, 1.165) is 23.1 Å². The lowest BCUT2D eigenvalue weighted by Gasteiger charge is -2.38. The zero-order chi connectivity index (χ0) is 23.8. The molecule has 1 aromatic carbocycles. The van der Waals surface area contributed by atoms with E-state index < -0.39 is 59.1 Å². The summed E-state index contributed by atoms with van der Waals surface area (Å²) in [6, 6.07) is 5.20. The number of halogens is 3. The van der Waals surface area contributed by atoms with Gasteiger partial charge < -0.3 is 19.5 Å². The summed E-state index contributed by atoms with van der Waals surface area (Å²) in [4.78, 5) is 39.0. The van der Waals surface area contributed by atoms with Gasteiger partial charge in [-0.2, -0.15) is 13.2 Å². The minimum atomic E-state index is -4.72. The fraction of sp³-hybridized carbons (Fsp3) is 0.409. The van der Waals surface area contributed by atoms with Crippen LogP contribution in [0, 0.1) is 11.8 Å². The van der Waals surface area contributed by atoms with Crippen LogP contribution in [0.3, 0.4) is 0 Å². The zero-order valence-corrected chi connectivity index (χ0v) is 17.3. The summed E-state index contributed by atoms with van der Waals surface area (Å²) in [7, 11) is 0. The van der Waals surface area contributed by atoms with Gasteiger partial charge in [-0.1, -0.05) is 19.9 Å². The van der Waals surface area contributed by atoms with Crippen molar-refractivity contribution in [3.05, 3.63) is 59.5 Å². The van der Waals surface area contributed by atoms with Crippen molar-refractivity contribution >= 4 is 17.8 Å². The van der Waals surface area contributed by atoms with E-state index in [1.807, 2.05) is 0 Å². The number of rotatable bonds is 6. The summed E-state index contributed by atoms with van der Waals surface area (Å²) in [6.45, 7) is 3.43. The molecular weight excluding hydrogens is 431 g/mol. The van der Waals surface area contributed by atoms with Crippen LogP contribution >= 0.6 is 0 Å². The first-order valence-electron chi connectivity index (χ1n) is 9.89. The molecule has 2 N–H and O–H groups in total. The van der Waals surface area contributed by atoms with Crippen molar-refractivity contribution < 1.29 is 42.2 Å². The highest BCUT2D eigenvalue weighted by molar-refractivity contribution is 5.99. The molecule has 3 unspecified atom stereocenters. The second kappa shape index (κ2) is 8.33.